The number of esters is 1. The number of ketones is 3. The molecule has 0 spiro atoms. The molecule has 8 N–H and O–H groups in total. The maximum Gasteiger partial charge on any atom is 0.303 e. The van der Waals surface area contributed by atoms with Gasteiger partial charge in [-0.3, -0.25) is 19.2 Å². The molecular weight excluding hydrogens is 800 g/mol. The number of rotatable bonds is 10. The van der Waals surface area contributed by atoms with Crippen molar-refractivity contribution in [2.45, 2.75) is 167 Å². The Hall–Kier alpha value is -2.94. The Balaban J connectivity index is 1.39. The van der Waals surface area contributed by atoms with E-state index in [0.29, 0.717) is 12.0 Å². The second-order valence-corrected chi connectivity index (χ2v) is 20.0. The SMILES string of the molecule is CC(=O)O[C@@](C)(C(=O)/C=C/C(C)(C)O)[C@H]1[C@H](O)C[C@@]2(C)[C@@H]3CC=C4[C@@H](C=C(O[C@@H]5O[C@H](CO)[C@@H](O)[C@H](O)[C@H]5O[C@@H]5O[C@@H](C)[C@H](O)[C@@H](O)[C@H]5O)C(=O)C4(C)C)[C@]3(C)C(=O)C[C@]12C. The summed E-state index contributed by atoms with van der Waals surface area (Å²) < 4.78 is 29.4. The molecule has 0 amide bonds. The van der Waals surface area contributed by atoms with Crippen molar-refractivity contribution in [3.05, 3.63) is 35.6 Å². The van der Waals surface area contributed by atoms with E-state index in [1.807, 2.05) is 26.8 Å². The zero-order valence-corrected chi connectivity index (χ0v) is 36.5. The van der Waals surface area contributed by atoms with Crippen LogP contribution in [0.5, 0.6) is 0 Å². The lowest BCUT2D eigenvalue weighted by molar-refractivity contribution is -0.360. The Morgan fingerprint density at radius 2 is 1.54 bits per heavy atom. The second-order valence-electron chi connectivity index (χ2n) is 20.0. The van der Waals surface area contributed by atoms with Crippen molar-refractivity contribution in [2.24, 2.45) is 39.4 Å². The molecule has 4 aliphatic carbocycles. The summed E-state index contributed by atoms with van der Waals surface area (Å²) in [6, 6.07) is 0. The monoisotopic (exact) mass is 864 g/mol. The van der Waals surface area contributed by atoms with Crippen LogP contribution in [0.2, 0.25) is 0 Å². The van der Waals surface area contributed by atoms with Crippen LogP contribution in [0.15, 0.2) is 35.6 Å². The number of hydrogen-bond acceptors (Lipinski definition) is 17. The number of fused-ring (bicyclic) bond motifs is 5. The standard InChI is InChI=1S/C44H64O17/c1-19-29(50)31(52)33(54)37(57-19)60-34-32(53)30(51)25(18-45)59-38(34)58-24-15-22-21(40(5,6)36(24)55)11-12-26-41(7)16-23(47)35(42(41,8)17-28(49)43(22,26)9)44(10,61-20(2)46)27(48)13-14-39(3,4)56/h11,13-15,19,22-23,25-26,29-35,37-38,45,47,50-54,56H,12,16-18H2,1-10H3/b14-13+/t19-,22+,23+,25+,26-,29-,30+,31+,32-,33+,34+,35-,37-,38+,41-,42+,43-,44-/m0/s1. The zero-order chi connectivity index (χ0) is 45.7. The summed E-state index contributed by atoms with van der Waals surface area (Å²) in [5.41, 5.74) is -7.15. The van der Waals surface area contributed by atoms with Crippen LogP contribution in [0.1, 0.15) is 88.5 Å². The van der Waals surface area contributed by atoms with Crippen molar-refractivity contribution in [1.82, 2.24) is 0 Å². The third-order valence-corrected chi connectivity index (χ3v) is 15.3. The van der Waals surface area contributed by atoms with Gasteiger partial charge in [0.1, 0.15) is 42.4 Å². The van der Waals surface area contributed by atoms with E-state index in [1.54, 1.807) is 13.8 Å². The number of aliphatic hydroxyl groups is 8. The molecule has 4 fully saturated rings. The van der Waals surface area contributed by atoms with Crippen LogP contribution in [0.25, 0.3) is 0 Å². The predicted molar refractivity (Wildman–Crippen MR) is 211 cm³/mol. The predicted octanol–water partition coefficient (Wildman–Crippen LogP) is 0.301. The molecular formula is C44H64O17. The van der Waals surface area contributed by atoms with Crippen LogP contribution in [0.3, 0.4) is 0 Å². The molecule has 2 aliphatic heterocycles. The average Bonchev–Trinajstić information content (AvgIpc) is 3.37. The second kappa shape index (κ2) is 15.9. The highest BCUT2D eigenvalue weighted by Crippen LogP contribution is 2.74. The zero-order valence-electron chi connectivity index (χ0n) is 36.5. The van der Waals surface area contributed by atoms with Crippen LogP contribution in [0, 0.1) is 39.4 Å². The van der Waals surface area contributed by atoms with Crippen molar-refractivity contribution in [3.8, 4) is 0 Å². The quantitative estimate of drug-likeness (QED) is 0.0833. The molecule has 0 aromatic carbocycles. The number of hydrogen-bond donors (Lipinski definition) is 8. The number of carbonyl (C=O) groups excluding carboxylic acids is 4. The first kappa shape index (κ1) is 47.5. The highest BCUT2D eigenvalue weighted by Gasteiger charge is 2.75. The van der Waals surface area contributed by atoms with Crippen molar-refractivity contribution in [1.29, 1.82) is 0 Å². The third-order valence-electron chi connectivity index (χ3n) is 15.3. The average molecular weight is 865 g/mol. The Morgan fingerprint density at radius 3 is 2.13 bits per heavy atom. The lowest BCUT2D eigenvalue weighted by atomic mass is 9.39. The van der Waals surface area contributed by atoms with Gasteiger partial charge in [0.25, 0.3) is 0 Å². The van der Waals surface area contributed by atoms with Gasteiger partial charge in [-0.05, 0) is 83.3 Å². The molecule has 2 heterocycles. The lowest BCUT2D eigenvalue weighted by Gasteiger charge is -2.63. The van der Waals surface area contributed by atoms with Crippen molar-refractivity contribution < 1.29 is 83.7 Å². The molecule has 342 valence electrons. The fourth-order valence-corrected chi connectivity index (χ4v) is 11.7. The molecule has 17 heteroatoms. The van der Waals surface area contributed by atoms with Gasteiger partial charge in [-0.1, -0.05) is 38.5 Å². The maximum absolute atomic E-state index is 15.1. The van der Waals surface area contributed by atoms with Gasteiger partial charge in [0.2, 0.25) is 12.1 Å². The Morgan fingerprint density at radius 1 is 0.902 bits per heavy atom. The smallest absolute Gasteiger partial charge is 0.303 e. The van der Waals surface area contributed by atoms with E-state index in [2.05, 4.69) is 0 Å². The number of Topliss-reactive ketones (excluding diaryl/α,β-unsaturated/α-hetero) is 2. The first-order valence-electron chi connectivity index (χ1n) is 21.0. The van der Waals surface area contributed by atoms with E-state index in [-0.39, 0.29) is 24.4 Å². The van der Waals surface area contributed by atoms with E-state index in [1.165, 1.54) is 39.8 Å². The van der Waals surface area contributed by atoms with Crippen LogP contribution >= 0.6 is 0 Å². The van der Waals surface area contributed by atoms with Gasteiger partial charge in [0.15, 0.2) is 29.5 Å². The van der Waals surface area contributed by atoms with Crippen LogP contribution in [-0.2, 0) is 42.9 Å². The molecule has 0 aromatic heterocycles. The van der Waals surface area contributed by atoms with Gasteiger partial charge in [-0.25, -0.2) is 0 Å². The maximum atomic E-state index is 15.1. The molecule has 0 unspecified atom stereocenters. The molecule has 2 saturated heterocycles. The number of allylic oxidation sites excluding steroid dienone is 4. The van der Waals surface area contributed by atoms with Gasteiger partial charge >= 0.3 is 5.97 Å². The van der Waals surface area contributed by atoms with Crippen LogP contribution in [0.4, 0.5) is 0 Å². The Labute approximate surface area is 355 Å². The van der Waals surface area contributed by atoms with Gasteiger partial charge in [-0.2, -0.15) is 0 Å². The van der Waals surface area contributed by atoms with Gasteiger partial charge in [0.05, 0.1) is 29.8 Å². The van der Waals surface area contributed by atoms with Crippen molar-refractivity contribution in [3.63, 3.8) is 0 Å². The number of carbonyl (C=O) groups is 4. The van der Waals surface area contributed by atoms with E-state index in [0.717, 1.165) is 13.0 Å². The largest absolute Gasteiger partial charge is 0.459 e. The van der Waals surface area contributed by atoms with Crippen LogP contribution in [-0.4, -0.2) is 149 Å². The fraction of sp³-hybridized carbons (Fsp3) is 0.773. The van der Waals surface area contributed by atoms with Gasteiger partial charge in [0, 0.05) is 30.6 Å². The Bertz CT molecular complexity index is 1870. The van der Waals surface area contributed by atoms with Crippen molar-refractivity contribution >= 4 is 23.3 Å². The number of ether oxygens (including phenoxy) is 5. The molecule has 0 radical (unpaired) electrons. The van der Waals surface area contributed by atoms with Gasteiger partial charge in [-0.15, -0.1) is 0 Å². The van der Waals surface area contributed by atoms with Crippen LogP contribution < -0.4 is 0 Å². The highest BCUT2D eigenvalue weighted by atomic mass is 16.8. The minimum atomic E-state index is -1.93. The van der Waals surface area contributed by atoms with E-state index in [9.17, 15) is 55.2 Å². The normalized spacial score (nSPS) is 45.8. The first-order valence-corrected chi connectivity index (χ1v) is 21.0. The molecule has 61 heavy (non-hydrogen) atoms. The van der Waals surface area contributed by atoms with Gasteiger partial charge < -0.3 is 64.5 Å². The summed E-state index contributed by atoms with van der Waals surface area (Å²) in [5.74, 6) is -4.78. The lowest BCUT2D eigenvalue weighted by Crippen LogP contribution is -2.65. The first-order chi connectivity index (χ1) is 28.0. The molecule has 6 aliphatic rings. The number of aliphatic hydroxyl groups excluding tert-OH is 7. The summed E-state index contributed by atoms with van der Waals surface area (Å²) in [5, 5.41) is 85.9. The minimum Gasteiger partial charge on any atom is -0.459 e. The summed E-state index contributed by atoms with van der Waals surface area (Å²) in [6.45, 7) is 15.2. The molecule has 2 saturated carbocycles. The van der Waals surface area contributed by atoms with Crippen molar-refractivity contribution in [2.75, 3.05) is 6.61 Å². The summed E-state index contributed by atoms with van der Waals surface area (Å²) in [7, 11) is 0. The fourth-order valence-electron chi connectivity index (χ4n) is 11.7. The van der Waals surface area contributed by atoms with E-state index < -0.39 is 142 Å². The summed E-state index contributed by atoms with van der Waals surface area (Å²) >= 11 is 0. The molecule has 0 aromatic rings. The topological polar surface area (TPSA) is 276 Å². The summed E-state index contributed by atoms with van der Waals surface area (Å²) in [6.07, 6.45) is -11.2. The van der Waals surface area contributed by atoms with E-state index in [4.69, 9.17) is 23.7 Å². The molecule has 18 atom stereocenters. The minimum absolute atomic E-state index is 0.128. The summed E-state index contributed by atoms with van der Waals surface area (Å²) in [4.78, 5) is 56.2. The molecule has 0 bridgehead atoms. The molecule has 17 nitrogen and oxygen atoms in total. The van der Waals surface area contributed by atoms with E-state index >= 15 is 4.79 Å². The highest BCUT2D eigenvalue weighted by molar-refractivity contribution is 6.02. The third kappa shape index (κ3) is 7.48. The molecule has 6 rings (SSSR count). The Kier molecular flexibility index (Phi) is 12.4.